The number of anilines is 3. The van der Waals surface area contributed by atoms with Crippen molar-refractivity contribution >= 4 is 74.5 Å². The molecule has 2 atom stereocenters. The first-order valence-electron chi connectivity index (χ1n) is 30.1. The molecular weight excluding hydrogens is 1070 g/mol. The lowest BCUT2D eigenvalue weighted by molar-refractivity contribution is -0.132. The summed E-state index contributed by atoms with van der Waals surface area (Å²) < 4.78 is 10.2. The number of hydrogen-bond donors (Lipinski definition) is 1. The number of nitrogens with zero attached hydrogens (tertiary/aromatic N) is 3. The number of aromatic nitrogens is 2. The number of fused-ring (bicyclic) bond motifs is 4. The summed E-state index contributed by atoms with van der Waals surface area (Å²) in [5, 5.41) is 9.59. The molecule has 1 aliphatic carbocycles. The molecule has 11 rings (SSSR count). The highest BCUT2D eigenvalue weighted by molar-refractivity contribution is 7.18. The lowest BCUT2D eigenvalue weighted by atomic mass is 9.70. The van der Waals surface area contributed by atoms with Crippen LogP contribution in [0.1, 0.15) is 136 Å². The van der Waals surface area contributed by atoms with E-state index < -0.39 is 5.97 Å². The fourth-order valence-corrected chi connectivity index (χ4v) is 16.5. The SMILES string of the molecule is CCCCC(CC)CC1(CC(CC)CCCC)c2sc(-c3ccc(/C=C(\C)C(=O)O)cc3)cc2-c2cc(-c3ccc(-c4ccc(N(c5ccc(-c6ccc(C)cc6C)cc5)c5ccc(-c6ccc(C)cc6C)cc5)cc4)c4nsnc34)sc21. The molecule has 8 heteroatoms. The van der Waals surface area contributed by atoms with Crippen molar-refractivity contribution in [3.8, 4) is 65.4 Å². The number of carbonyl (C=O) groups is 1. The summed E-state index contributed by atoms with van der Waals surface area (Å²) in [6, 6.07) is 58.4. The van der Waals surface area contributed by atoms with Crippen molar-refractivity contribution in [1.29, 1.82) is 0 Å². The Kier molecular flexibility index (Phi) is 17.3. The molecule has 0 spiro atoms. The first kappa shape index (κ1) is 57.6. The molecule has 0 saturated carbocycles. The first-order valence-corrected chi connectivity index (χ1v) is 32.5. The summed E-state index contributed by atoms with van der Waals surface area (Å²) >= 11 is 5.32. The number of benzene rings is 7. The number of rotatable bonds is 22. The van der Waals surface area contributed by atoms with Gasteiger partial charge in [0.2, 0.25) is 0 Å². The third-order valence-corrected chi connectivity index (χ3v) is 20.9. The average molecular weight is 1150 g/mol. The van der Waals surface area contributed by atoms with Gasteiger partial charge in [0.15, 0.2) is 0 Å². The van der Waals surface area contributed by atoms with Gasteiger partial charge in [-0.25, -0.2) is 4.79 Å². The van der Waals surface area contributed by atoms with Crippen LogP contribution in [0, 0.1) is 39.5 Å². The second-order valence-corrected chi connectivity index (χ2v) is 26.2. The number of hydrogen-bond acceptors (Lipinski definition) is 7. The van der Waals surface area contributed by atoms with Gasteiger partial charge in [0, 0.05) is 58.7 Å². The van der Waals surface area contributed by atoms with Gasteiger partial charge in [-0.2, -0.15) is 8.75 Å². The topological polar surface area (TPSA) is 66.3 Å². The van der Waals surface area contributed by atoms with Gasteiger partial charge < -0.3 is 10.0 Å². The van der Waals surface area contributed by atoms with Gasteiger partial charge >= 0.3 is 5.97 Å². The number of thiophene rings is 2. The Balaban J connectivity index is 0.972. The zero-order chi connectivity index (χ0) is 57.9. The Morgan fingerprint density at radius 2 is 0.940 bits per heavy atom. The minimum absolute atomic E-state index is 0.0972. The third kappa shape index (κ3) is 11.7. The molecule has 7 aromatic carbocycles. The summed E-state index contributed by atoms with van der Waals surface area (Å²) in [6.07, 6.45) is 13.8. The van der Waals surface area contributed by atoms with E-state index in [-0.39, 0.29) is 5.41 Å². The Labute approximate surface area is 504 Å². The Hall–Kier alpha value is -7.23. The molecule has 10 aromatic rings. The Morgan fingerprint density at radius 3 is 1.40 bits per heavy atom. The molecule has 0 amide bonds. The zero-order valence-corrected chi connectivity index (χ0v) is 52.2. The van der Waals surface area contributed by atoms with Gasteiger partial charge in [0.1, 0.15) is 11.0 Å². The summed E-state index contributed by atoms with van der Waals surface area (Å²) in [5.41, 5.74) is 23.6. The van der Waals surface area contributed by atoms with Crippen molar-refractivity contribution in [2.24, 2.45) is 11.8 Å². The molecular formula is C75H77N3O2S3. The van der Waals surface area contributed by atoms with Crippen molar-refractivity contribution in [2.75, 3.05) is 4.90 Å². The fraction of sp³-hybridized carbons (Fsp3) is 0.293. The number of carboxylic acids is 1. The molecule has 0 radical (unpaired) electrons. The number of unbranched alkanes of at least 4 members (excludes halogenated alkanes) is 2. The van der Waals surface area contributed by atoms with E-state index in [0.717, 1.165) is 63.2 Å². The van der Waals surface area contributed by atoms with Crippen LogP contribution in [0.2, 0.25) is 0 Å². The molecule has 1 aliphatic rings. The van der Waals surface area contributed by atoms with Crippen molar-refractivity contribution in [2.45, 2.75) is 132 Å². The van der Waals surface area contributed by atoms with E-state index >= 15 is 0 Å². The maximum atomic E-state index is 11.7. The largest absolute Gasteiger partial charge is 0.478 e. The molecule has 1 N–H and O–H groups in total. The summed E-state index contributed by atoms with van der Waals surface area (Å²) in [5.74, 6) is 0.342. The van der Waals surface area contributed by atoms with Crippen LogP contribution >= 0.6 is 34.4 Å². The van der Waals surface area contributed by atoms with Gasteiger partial charge in [-0.3, -0.25) is 0 Å². The van der Waals surface area contributed by atoms with Crippen LogP contribution in [-0.4, -0.2) is 19.8 Å². The van der Waals surface area contributed by atoms with Crippen LogP contribution in [-0.2, 0) is 10.2 Å². The van der Waals surface area contributed by atoms with E-state index in [1.807, 2.05) is 22.7 Å². The van der Waals surface area contributed by atoms with Crippen molar-refractivity contribution < 1.29 is 9.90 Å². The van der Waals surface area contributed by atoms with E-state index in [1.165, 1.54) is 144 Å². The molecule has 422 valence electrons. The maximum absolute atomic E-state index is 11.7. The summed E-state index contributed by atoms with van der Waals surface area (Å²) in [4.78, 5) is 19.7. The van der Waals surface area contributed by atoms with Crippen LogP contribution in [0.3, 0.4) is 0 Å². The van der Waals surface area contributed by atoms with Gasteiger partial charge in [0.05, 0.1) is 11.7 Å². The van der Waals surface area contributed by atoms with Gasteiger partial charge in [-0.05, 0) is 175 Å². The molecule has 0 fully saturated rings. The quantitative estimate of drug-likeness (QED) is 0.0685. The van der Waals surface area contributed by atoms with Crippen LogP contribution in [0.5, 0.6) is 0 Å². The first-order chi connectivity index (χ1) is 40.3. The maximum Gasteiger partial charge on any atom is 0.331 e. The van der Waals surface area contributed by atoms with E-state index in [2.05, 4.69) is 218 Å². The molecule has 5 nitrogen and oxygen atoms in total. The fourth-order valence-electron chi connectivity index (χ4n) is 13.0. The van der Waals surface area contributed by atoms with Gasteiger partial charge in [0.25, 0.3) is 0 Å². The molecule has 0 aliphatic heterocycles. The highest BCUT2D eigenvalue weighted by Gasteiger charge is 2.48. The van der Waals surface area contributed by atoms with Crippen LogP contribution in [0.4, 0.5) is 17.1 Å². The number of carboxylic acid groups (broad SMARTS) is 1. The molecule has 0 bridgehead atoms. The van der Waals surface area contributed by atoms with E-state index in [0.29, 0.717) is 17.4 Å². The lowest BCUT2D eigenvalue weighted by Gasteiger charge is -2.37. The van der Waals surface area contributed by atoms with Crippen molar-refractivity contribution in [3.05, 3.63) is 201 Å². The van der Waals surface area contributed by atoms with Crippen molar-refractivity contribution in [1.82, 2.24) is 8.75 Å². The molecule has 2 unspecified atom stereocenters. The smallest absolute Gasteiger partial charge is 0.331 e. The molecule has 3 heterocycles. The summed E-state index contributed by atoms with van der Waals surface area (Å²) in [7, 11) is 0. The van der Waals surface area contributed by atoms with E-state index in [1.54, 1.807) is 13.0 Å². The van der Waals surface area contributed by atoms with Crippen LogP contribution < -0.4 is 4.90 Å². The zero-order valence-electron chi connectivity index (χ0n) is 49.7. The lowest BCUT2D eigenvalue weighted by Crippen LogP contribution is -2.30. The minimum atomic E-state index is -0.894. The Bertz CT molecular complexity index is 3840. The molecule has 0 saturated heterocycles. The van der Waals surface area contributed by atoms with E-state index in [4.69, 9.17) is 8.75 Å². The van der Waals surface area contributed by atoms with Crippen LogP contribution in [0.25, 0.3) is 82.5 Å². The second kappa shape index (κ2) is 24.9. The summed E-state index contributed by atoms with van der Waals surface area (Å²) in [6.45, 7) is 19.8. The van der Waals surface area contributed by atoms with E-state index in [9.17, 15) is 9.90 Å². The van der Waals surface area contributed by atoms with Gasteiger partial charge in [-0.1, -0.05) is 199 Å². The molecule has 3 aromatic heterocycles. The number of aryl methyl sites for hydroxylation is 4. The van der Waals surface area contributed by atoms with Crippen molar-refractivity contribution in [3.63, 3.8) is 0 Å². The normalized spacial score (nSPS) is 14.7. The third-order valence-electron chi connectivity index (χ3n) is 17.7. The highest BCUT2D eigenvalue weighted by Crippen LogP contribution is 2.63. The predicted molar refractivity (Wildman–Crippen MR) is 357 cm³/mol. The second-order valence-electron chi connectivity index (χ2n) is 23.5. The standard InChI is InChI=1S/C75H77N3O2S3/c1-10-14-16-52(12-3)45-75(46-53(13-4)17-15-11-2)72-66(43-68(81-72)58-22-20-54(21-23-58)42-51(9)74(79)80)67-44-69(82-73(67)75)65-39-38-64(70-71(65)77-83-76-70)57-28-34-61(35-29-57)78(59-30-24-55(25-31-59)62-36-18-47(5)40-49(62)7)60-32-26-56(27-33-60)63-37-19-48(6)41-50(63)8/h18-44,52-53H,10-17,45-46H2,1-9H3,(H,79,80)/b51-42+. The number of aliphatic carboxylic acids is 1. The predicted octanol–water partition coefficient (Wildman–Crippen LogP) is 22.8. The van der Waals surface area contributed by atoms with Crippen LogP contribution in [0.15, 0.2) is 163 Å². The molecule has 83 heavy (non-hydrogen) atoms. The van der Waals surface area contributed by atoms with Gasteiger partial charge in [-0.15, -0.1) is 22.7 Å². The average Bonchev–Trinajstić information content (AvgIpc) is 3.43. The minimum Gasteiger partial charge on any atom is -0.478 e. The monoisotopic (exact) mass is 1150 g/mol. The Morgan fingerprint density at radius 1 is 0.518 bits per heavy atom. The highest BCUT2D eigenvalue weighted by atomic mass is 32.1.